The van der Waals surface area contributed by atoms with Crippen LogP contribution in [0.2, 0.25) is 0 Å². The summed E-state index contributed by atoms with van der Waals surface area (Å²) in [5.74, 6) is 1.37. The first-order valence-corrected chi connectivity index (χ1v) is 6.00. The van der Waals surface area contributed by atoms with Crippen molar-refractivity contribution in [3.05, 3.63) is 36.0 Å². The number of amides is 1. The fourth-order valence-electron chi connectivity index (χ4n) is 2.05. The number of benzene rings is 1. The molecule has 0 aromatic heterocycles. The van der Waals surface area contributed by atoms with Gasteiger partial charge in [0.25, 0.3) is 5.91 Å². The highest BCUT2D eigenvalue weighted by Gasteiger charge is 2.31. The Morgan fingerprint density at radius 2 is 2.00 bits per heavy atom. The van der Waals surface area contributed by atoms with E-state index in [1.165, 1.54) is 0 Å². The van der Waals surface area contributed by atoms with E-state index in [0.717, 1.165) is 17.0 Å². The van der Waals surface area contributed by atoms with Crippen LogP contribution < -0.4 is 4.74 Å². The first kappa shape index (κ1) is 11.6. The molecule has 1 amide bonds. The Kier molecular flexibility index (Phi) is 2.67. The van der Waals surface area contributed by atoms with Gasteiger partial charge in [-0.3, -0.25) is 19.7 Å². The molecule has 1 aromatic carbocycles. The summed E-state index contributed by atoms with van der Waals surface area (Å²) in [6.07, 6.45) is 3.35. The van der Waals surface area contributed by atoms with E-state index in [4.69, 9.17) is 4.74 Å². The van der Waals surface area contributed by atoms with Crippen molar-refractivity contribution in [1.29, 1.82) is 0 Å². The molecule has 2 heterocycles. The number of ether oxygens (including phenoxy) is 1. The van der Waals surface area contributed by atoms with Crippen molar-refractivity contribution in [2.24, 2.45) is 9.98 Å². The number of amidine groups is 1. The number of nitrogens with zero attached hydrogens (tertiary/aromatic N) is 3. The van der Waals surface area contributed by atoms with Crippen molar-refractivity contribution in [1.82, 2.24) is 4.90 Å². The van der Waals surface area contributed by atoms with E-state index in [1.54, 1.807) is 31.3 Å². The van der Waals surface area contributed by atoms with E-state index in [0.29, 0.717) is 5.84 Å². The first-order chi connectivity index (χ1) is 9.19. The maximum atomic E-state index is 11.9. The fourth-order valence-corrected chi connectivity index (χ4v) is 2.05. The third-order valence-corrected chi connectivity index (χ3v) is 3.12. The van der Waals surface area contributed by atoms with Crippen LogP contribution >= 0.6 is 0 Å². The number of methoxy groups -OCH3 is 1. The lowest BCUT2D eigenvalue weighted by molar-refractivity contribution is -0.125. The first-order valence-electron chi connectivity index (χ1n) is 6.00. The Labute approximate surface area is 110 Å². The molecule has 1 atom stereocenters. The minimum atomic E-state index is -0.326. The molecule has 1 unspecified atom stereocenters. The summed E-state index contributed by atoms with van der Waals surface area (Å²) in [5, 5.41) is 0. The van der Waals surface area contributed by atoms with E-state index in [-0.39, 0.29) is 11.9 Å². The van der Waals surface area contributed by atoms with Crippen LogP contribution in [-0.2, 0) is 4.79 Å². The second-order valence-electron chi connectivity index (χ2n) is 4.37. The molecule has 0 saturated heterocycles. The van der Waals surface area contributed by atoms with Gasteiger partial charge in [-0.25, -0.2) is 0 Å². The largest absolute Gasteiger partial charge is 0.497 e. The van der Waals surface area contributed by atoms with Gasteiger partial charge in [-0.2, -0.15) is 0 Å². The number of carbonyl (C=O) groups excluding carboxylic acids is 1. The van der Waals surface area contributed by atoms with Crippen LogP contribution in [0.4, 0.5) is 0 Å². The SMILES string of the molecule is COc1ccc(C2=CN3C(=O)C(C)N=C3C=N2)cc1. The molecule has 0 aliphatic carbocycles. The molecule has 0 radical (unpaired) electrons. The smallest absolute Gasteiger partial charge is 0.256 e. The summed E-state index contributed by atoms with van der Waals surface area (Å²) in [7, 11) is 1.63. The summed E-state index contributed by atoms with van der Waals surface area (Å²) < 4.78 is 5.12. The minimum absolute atomic E-state index is 0.0211. The van der Waals surface area contributed by atoms with E-state index in [1.807, 2.05) is 24.3 Å². The Hall–Kier alpha value is -2.43. The number of fused-ring (bicyclic) bond motifs is 1. The van der Waals surface area contributed by atoms with E-state index in [9.17, 15) is 4.79 Å². The van der Waals surface area contributed by atoms with Crippen LogP contribution in [0.15, 0.2) is 40.5 Å². The lowest BCUT2D eigenvalue weighted by Gasteiger charge is -2.17. The highest BCUT2D eigenvalue weighted by Crippen LogP contribution is 2.24. The molecular weight excluding hydrogens is 242 g/mol. The molecule has 0 spiro atoms. The average molecular weight is 255 g/mol. The van der Waals surface area contributed by atoms with Gasteiger partial charge >= 0.3 is 0 Å². The zero-order chi connectivity index (χ0) is 13.4. The van der Waals surface area contributed by atoms with Gasteiger partial charge in [0.15, 0.2) is 5.84 Å². The third kappa shape index (κ3) is 1.93. The number of hydrogen-bond acceptors (Lipinski definition) is 4. The number of hydrogen-bond donors (Lipinski definition) is 0. The van der Waals surface area contributed by atoms with Crippen molar-refractivity contribution in [2.75, 3.05) is 7.11 Å². The molecule has 0 fully saturated rings. The van der Waals surface area contributed by atoms with Crippen LogP contribution in [-0.4, -0.2) is 36.0 Å². The maximum Gasteiger partial charge on any atom is 0.256 e. The molecule has 5 heteroatoms. The van der Waals surface area contributed by atoms with Gasteiger partial charge in [0.2, 0.25) is 0 Å². The van der Waals surface area contributed by atoms with Crippen LogP contribution in [0.25, 0.3) is 5.70 Å². The maximum absolute atomic E-state index is 11.9. The Morgan fingerprint density at radius 3 is 2.68 bits per heavy atom. The zero-order valence-corrected chi connectivity index (χ0v) is 10.7. The number of rotatable bonds is 2. The summed E-state index contributed by atoms with van der Waals surface area (Å²) >= 11 is 0. The number of aliphatic imine (C=N–C) groups is 2. The number of carbonyl (C=O) groups is 1. The summed E-state index contributed by atoms with van der Waals surface area (Å²) in [6.45, 7) is 1.78. The molecule has 96 valence electrons. The second-order valence-corrected chi connectivity index (χ2v) is 4.37. The molecule has 2 aliphatic heterocycles. The van der Waals surface area contributed by atoms with Gasteiger partial charge in [0.1, 0.15) is 11.8 Å². The van der Waals surface area contributed by atoms with E-state index in [2.05, 4.69) is 9.98 Å². The quantitative estimate of drug-likeness (QED) is 0.807. The van der Waals surface area contributed by atoms with Crippen molar-refractivity contribution in [3.63, 3.8) is 0 Å². The van der Waals surface area contributed by atoms with Crippen molar-refractivity contribution < 1.29 is 9.53 Å². The van der Waals surface area contributed by atoms with Gasteiger partial charge in [-0.15, -0.1) is 0 Å². The molecule has 5 nitrogen and oxygen atoms in total. The lowest BCUT2D eigenvalue weighted by Crippen LogP contribution is -2.32. The highest BCUT2D eigenvalue weighted by molar-refractivity contribution is 6.37. The van der Waals surface area contributed by atoms with E-state index < -0.39 is 0 Å². The summed E-state index contributed by atoms with van der Waals surface area (Å²) in [6, 6.07) is 7.23. The van der Waals surface area contributed by atoms with E-state index >= 15 is 0 Å². The van der Waals surface area contributed by atoms with Crippen molar-refractivity contribution in [2.45, 2.75) is 13.0 Å². The third-order valence-electron chi connectivity index (χ3n) is 3.12. The van der Waals surface area contributed by atoms with Crippen molar-refractivity contribution >= 4 is 23.7 Å². The van der Waals surface area contributed by atoms with Gasteiger partial charge in [-0.1, -0.05) is 0 Å². The normalized spacial score (nSPS) is 21.1. The van der Waals surface area contributed by atoms with Gasteiger partial charge in [-0.05, 0) is 31.2 Å². The fraction of sp³-hybridized carbons (Fsp3) is 0.214. The topological polar surface area (TPSA) is 54.3 Å². The van der Waals surface area contributed by atoms with Crippen LogP contribution in [0.1, 0.15) is 12.5 Å². The monoisotopic (exact) mass is 255 g/mol. The molecule has 19 heavy (non-hydrogen) atoms. The van der Waals surface area contributed by atoms with Crippen LogP contribution in [0.3, 0.4) is 0 Å². The predicted molar refractivity (Wildman–Crippen MR) is 73.2 cm³/mol. The standard InChI is InChI=1S/C14H13N3O2/c1-9-14(18)17-8-12(15-7-13(17)16-9)10-3-5-11(19-2)6-4-10/h3-9H,1-2H3. The summed E-state index contributed by atoms with van der Waals surface area (Å²) in [5.41, 5.74) is 1.67. The Morgan fingerprint density at radius 1 is 1.26 bits per heavy atom. The van der Waals surface area contributed by atoms with Gasteiger partial charge < -0.3 is 4.74 Å². The lowest BCUT2D eigenvalue weighted by atomic mass is 10.1. The predicted octanol–water partition coefficient (Wildman–Crippen LogP) is 1.71. The molecule has 0 saturated carbocycles. The Balaban J connectivity index is 1.92. The molecule has 3 rings (SSSR count). The molecule has 0 N–H and O–H groups in total. The summed E-state index contributed by atoms with van der Waals surface area (Å²) in [4.78, 5) is 22.0. The van der Waals surface area contributed by atoms with Gasteiger partial charge in [0.05, 0.1) is 19.0 Å². The molecule has 0 bridgehead atoms. The second kappa shape index (κ2) is 4.35. The highest BCUT2D eigenvalue weighted by atomic mass is 16.5. The zero-order valence-electron chi connectivity index (χ0n) is 10.7. The molecular formula is C14H13N3O2. The van der Waals surface area contributed by atoms with Crippen molar-refractivity contribution in [3.8, 4) is 5.75 Å². The molecule has 2 aliphatic rings. The van der Waals surface area contributed by atoms with Gasteiger partial charge in [0, 0.05) is 11.8 Å². The van der Waals surface area contributed by atoms with Crippen LogP contribution in [0, 0.1) is 0 Å². The average Bonchev–Trinajstić information content (AvgIpc) is 2.74. The van der Waals surface area contributed by atoms with Crippen LogP contribution in [0.5, 0.6) is 5.75 Å². The Bertz CT molecular complexity index is 614. The minimum Gasteiger partial charge on any atom is -0.497 e. The molecule has 1 aromatic rings.